The normalized spacial score (nSPS) is 15.2. The van der Waals surface area contributed by atoms with Gasteiger partial charge in [0.15, 0.2) is 0 Å². The quantitative estimate of drug-likeness (QED) is 0.909. The van der Waals surface area contributed by atoms with E-state index in [-0.39, 0.29) is 18.1 Å². The highest BCUT2D eigenvalue weighted by Crippen LogP contribution is 2.21. The van der Waals surface area contributed by atoms with Crippen molar-refractivity contribution in [1.29, 1.82) is 0 Å². The van der Waals surface area contributed by atoms with Gasteiger partial charge in [-0.2, -0.15) is 0 Å². The molecule has 3 rings (SSSR count). The van der Waals surface area contributed by atoms with E-state index in [1.54, 1.807) is 12.1 Å². The summed E-state index contributed by atoms with van der Waals surface area (Å²) in [6, 6.07) is 5.93. The number of carbonyl (C=O) groups excluding carboxylic acids is 1. The van der Waals surface area contributed by atoms with E-state index in [9.17, 15) is 9.18 Å². The lowest BCUT2D eigenvalue weighted by Gasteiger charge is -2.32. The summed E-state index contributed by atoms with van der Waals surface area (Å²) in [7, 11) is 2.11. The zero-order valence-corrected chi connectivity index (χ0v) is 15.4. The van der Waals surface area contributed by atoms with Crippen molar-refractivity contribution in [2.24, 2.45) is 0 Å². The topological polar surface area (TPSA) is 61.4 Å². The first-order valence-electron chi connectivity index (χ1n) is 8.75. The highest BCUT2D eigenvalue weighted by Gasteiger charge is 2.19. The number of rotatable bonds is 4. The molecule has 1 amide bonds. The molecule has 1 aromatic carbocycles. The van der Waals surface area contributed by atoms with Gasteiger partial charge in [0.05, 0.1) is 23.5 Å². The van der Waals surface area contributed by atoms with Gasteiger partial charge in [0, 0.05) is 26.2 Å². The van der Waals surface area contributed by atoms with Crippen molar-refractivity contribution in [2.75, 3.05) is 43.4 Å². The van der Waals surface area contributed by atoms with Crippen molar-refractivity contribution in [2.45, 2.75) is 20.3 Å². The molecule has 6 nitrogen and oxygen atoms in total. The summed E-state index contributed by atoms with van der Waals surface area (Å²) in [5.41, 5.74) is 2.90. The van der Waals surface area contributed by atoms with E-state index in [1.807, 2.05) is 13.8 Å². The third-order valence-corrected chi connectivity index (χ3v) is 4.59. The van der Waals surface area contributed by atoms with Gasteiger partial charge in [-0.15, -0.1) is 0 Å². The van der Waals surface area contributed by atoms with Crippen LogP contribution in [0.15, 0.2) is 24.3 Å². The van der Waals surface area contributed by atoms with E-state index in [0.29, 0.717) is 11.6 Å². The Labute approximate surface area is 153 Å². The molecule has 26 heavy (non-hydrogen) atoms. The van der Waals surface area contributed by atoms with E-state index in [1.165, 1.54) is 12.1 Å². The first kappa shape index (κ1) is 18.3. The molecule has 1 aliphatic rings. The minimum atomic E-state index is -0.311. The molecular formula is C19H24FN5O. The molecule has 1 N–H and O–H groups in total. The predicted octanol–water partition coefficient (Wildman–Crippen LogP) is 2.17. The van der Waals surface area contributed by atoms with Gasteiger partial charge in [-0.25, -0.2) is 14.4 Å². The largest absolute Gasteiger partial charge is 0.338 e. The highest BCUT2D eigenvalue weighted by molar-refractivity contribution is 5.93. The average Bonchev–Trinajstić information content (AvgIpc) is 2.60. The summed E-state index contributed by atoms with van der Waals surface area (Å²) in [4.78, 5) is 25.9. The fraction of sp³-hybridized carbons (Fsp3) is 0.421. The van der Waals surface area contributed by atoms with Crippen LogP contribution < -0.4 is 10.2 Å². The molecule has 0 unspecified atom stereocenters. The molecule has 7 heteroatoms. The lowest BCUT2D eigenvalue weighted by Crippen LogP contribution is -2.45. The van der Waals surface area contributed by atoms with Gasteiger partial charge in [0.25, 0.3) is 0 Å². The van der Waals surface area contributed by atoms with E-state index in [4.69, 9.17) is 0 Å². The zero-order valence-electron chi connectivity index (χ0n) is 15.4. The minimum Gasteiger partial charge on any atom is -0.338 e. The van der Waals surface area contributed by atoms with Gasteiger partial charge >= 0.3 is 0 Å². The van der Waals surface area contributed by atoms with Crippen molar-refractivity contribution in [1.82, 2.24) is 14.9 Å². The lowest BCUT2D eigenvalue weighted by molar-refractivity contribution is -0.115. The van der Waals surface area contributed by atoms with E-state index in [2.05, 4.69) is 32.1 Å². The fourth-order valence-electron chi connectivity index (χ4n) is 3.00. The van der Waals surface area contributed by atoms with Gasteiger partial charge in [-0.3, -0.25) is 4.79 Å². The molecule has 0 spiro atoms. The first-order chi connectivity index (χ1) is 12.4. The van der Waals surface area contributed by atoms with E-state index in [0.717, 1.165) is 43.1 Å². The molecule has 1 aliphatic heterocycles. The lowest BCUT2D eigenvalue weighted by atomic mass is 10.1. The number of carbonyl (C=O) groups is 1. The highest BCUT2D eigenvalue weighted by atomic mass is 19.1. The Morgan fingerprint density at radius 1 is 1.08 bits per heavy atom. The Morgan fingerprint density at radius 2 is 1.65 bits per heavy atom. The molecule has 0 bridgehead atoms. The van der Waals surface area contributed by atoms with E-state index >= 15 is 0 Å². The van der Waals surface area contributed by atoms with Gasteiger partial charge in [0.2, 0.25) is 11.9 Å². The van der Waals surface area contributed by atoms with Gasteiger partial charge < -0.3 is 15.1 Å². The molecule has 0 radical (unpaired) electrons. The third-order valence-electron chi connectivity index (χ3n) is 4.59. The number of aromatic nitrogens is 2. The molecule has 0 aliphatic carbocycles. The Hall–Kier alpha value is -2.54. The van der Waals surface area contributed by atoms with Crippen LogP contribution in [0.25, 0.3) is 0 Å². The Morgan fingerprint density at radius 3 is 2.23 bits per heavy atom. The Balaban J connectivity index is 1.69. The van der Waals surface area contributed by atoms with Crippen molar-refractivity contribution < 1.29 is 9.18 Å². The first-order valence-corrected chi connectivity index (χ1v) is 8.75. The molecular weight excluding hydrogens is 333 g/mol. The van der Waals surface area contributed by atoms with Crippen LogP contribution in [0.5, 0.6) is 0 Å². The number of likely N-dealkylation sites (N-methyl/N-ethyl adjacent to an activating group) is 1. The second-order valence-electron chi connectivity index (χ2n) is 6.71. The van der Waals surface area contributed by atoms with Crippen LogP contribution in [-0.4, -0.2) is 54.0 Å². The van der Waals surface area contributed by atoms with Crippen molar-refractivity contribution >= 4 is 17.5 Å². The summed E-state index contributed by atoms with van der Waals surface area (Å²) in [5.74, 6) is 0.233. The summed E-state index contributed by atoms with van der Waals surface area (Å²) >= 11 is 0. The molecule has 1 saturated heterocycles. The molecule has 1 fully saturated rings. The number of anilines is 2. The molecule has 1 aromatic heterocycles. The molecule has 2 heterocycles. The standard InChI is InChI=1S/C19H24FN5O/c1-13-18(23-17(26)12-15-4-6-16(20)7-5-15)14(2)22-19(21-13)25-10-8-24(3)9-11-25/h4-7H,8-12H2,1-3H3,(H,23,26). The number of piperazine rings is 1. The maximum Gasteiger partial charge on any atom is 0.228 e. The Kier molecular flexibility index (Phi) is 5.46. The summed E-state index contributed by atoms with van der Waals surface area (Å²) < 4.78 is 13.0. The number of hydrogen-bond acceptors (Lipinski definition) is 5. The van der Waals surface area contributed by atoms with Gasteiger partial charge in [-0.1, -0.05) is 12.1 Å². The number of benzene rings is 1. The van der Waals surface area contributed by atoms with Crippen molar-refractivity contribution in [3.8, 4) is 0 Å². The number of halogens is 1. The minimum absolute atomic E-state index is 0.168. The number of nitrogens with one attached hydrogen (secondary N) is 1. The van der Waals surface area contributed by atoms with Crippen LogP contribution >= 0.6 is 0 Å². The predicted molar refractivity (Wildman–Crippen MR) is 99.9 cm³/mol. The van der Waals surface area contributed by atoms with Crippen molar-refractivity contribution in [3.63, 3.8) is 0 Å². The van der Waals surface area contributed by atoms with Crippen LogP contribution in [0, 0.1) is 19.7 Å². The summed E-state index contributed by atoms with van der Waals surface area (Å²) in [5, 5.41) is 2.89. The number of amides is 1. The smallest absolute Gasteiger partial charge is 0.228 e. The van der Waals surface area contributed by atoms with Crippen LogP contribution in [0.2, 0.25) is 0 Å². The monoisotopic (exact) mass is 357 g/mol. The van der Waals surface area contributed by atoms with Crippen LogP contribution in [0.1, 0.15) is 17.0 Å². The molecule has 0 saturated carbocycles. The average molecular weight is 357 g/mol. The molecule has 2 aromatic rings. The van der Waals surface area contributed by atoms with Gasteiger partial charge in [0.1, 0.15) is 5.82 Å². The summed E-state index contributed by atoms with van der Waals surface area (Å²) in [6.07, 6.45) is 0.180. The zero-order chi connectivity index (χ0) is 18.7. The second kappa shape index (κ2) is 7.78. The maximum atomic E-state index is 13.0. The Bertz CT molecular complexity index is 762. The van der Waals surface area contributed by atoms with Crippen molar-refractivity contribution in [3.05, 3.63) is 47.0 Å². The molecule has 0 atom stereocenters. The van der Waals surface area contributed by atoms with E-state index < -0.39 is 0 Å². The second-order valence-corrected chi connectivity index (χ2v) is 6.71. The van der Waals surface area contributed by atoms with Crippen LogP contribution in [0.4, 0.5) is 16.0 Å². The fourth-order valence-corrected chi connectivity index (χ4v) is 3.00. The van der Waals surface area contributed by atoms with Crippen LogP contribution in [0.3, 0.4) is 0 Å². The summed E-state index contributed by atoms with van der Waals surface area (Å²) in [6.45, 7) is 7.51. The number of nitrogens with zero attached hydrogens (tertiary/aromatic N) is 4. The third kappa shape index (κ3) is 4.35. The van der Waals surface area contributed by atoms with Gasteiger partial charge in [-0.05, 0) is 38.6 Å². The number of aryl methyl sites for hydroxylation is 2. The SMILES string of the molecule is Cc1nc(N2CCN(C)CC2)nc(C)c1NC(=O)Cc1ccc(F)cc1. The molecule has 138 valence electrons. The maximum absolute atomic E-state index is 13.0. The number of hydrogen-bond donors (Lipinski definition) is 1. The van der Waals surface area contributed by atoms with Crippen LogP contribution in [-0.2, 0) is 11.2 Å².